The molecule has 0 bridgehead atoms. The van der Waals surface area contributed by atoms with Gasteiger partial charge in [0.1, 0.15) is 0 Å². The van der Waals surface area contributed by atoms with Crippen molar-refractivity contribution in [3.8, 4) is 0 Å². The number of anilines is 2. The van der Waals surface area contributed by atoms with Crippen molar-refractivity contribution in [1.82, 2.24) is 4.31 Å². The lowest BCUT2D eigenvalue weighted by Gasteiger charge is -2.27. The number of ether oxygens (including phenoxy) is 1. The van der Waals surface area contributed by atoms with Gasteiger partial charge in [0, 0.05) is 37.1 Å². The van der Waals surface area contributed by atoms with Crippen LogP contribution in [0.5, 0.6) is 0 Å². The SMILES string of the molecule is Cc1ccsc1/C=C/C(=O)Nc1cc(S(=O)(=O)N2CCOCC2)ccc1N1CCCC1. The number of hydrogen-bond donors (Lipinski definition) is 1. The summed E-state index contributed by atoms with van der Waals surface area (Å²) in [7, 11) is -3.65. The molecule has 7 nitrogen and oxygen atoms in total. The minimum atomic E-state index is -3.65. The van der Waals surface area contributed by atoms with Crippen molar-refractivity contribution in [2.24, 2.45) is 0 Å². The van der Waals surface area contributed by atoms with Crippen molar-refractivity contribution in [1.29, 1.82) is 0 Å². The van der Waals surface area contributed by atoms with E-state index in [0.29, 0.717) is 32.0 Å². The average molecular weight is 462 g/mol. The Morgan fingerprint density at radius 2 is 1.87 bits per heavy atom. The second-order valence-corrected chi connectivity index (χ2v) is 10.6. The quantitative estimate of drug-likeness (QED) is 0.668. The first-order chi connectivity index (χ1) is 14.9. The van der Waals surface area contributed by atoms with Gasteiger partial charge in [-0.3, -0.25) is 4.79 Å². The highest BCUT2D eigenvalue weighted by Crippen LogP contribution is 2.32. The number of rotatable bonds is 6. The smallest absolute Gasteiger partial charge is 0.248 e. The molecule has 1 aromatic heterocycles. The number of morpholine rings is 1. The third-order valence-electron chi connectivity index (χ3n) is 5.57. The van der Waals surface area contributed by atoms with Gasteiger partial charge in [0.05, 0.1) is 29.5 Å². The van der Waals surface area contributed by atoms with Crippen LogP contribution in [-0.2, 0) is 19.6 Å². The maximum Gasteiger partial charge on any atom is 0.248 e. The topological polar surface area (TPSA) is 79.0 Å². The Kier molecular flexibility index (Phi) is 6.76. The second kappa shape index (κ2) is 9.52. The third-order valence-corrected chi connectivity index (χ3v) is 8.45. The summed E-state index contributed by atoms with van der Waals surface area (Å²) >= 11 is 1.57. The molecule has 0 aliphatic carbocycles. The molecule has 1 N–H and O–H groups in total. The van der Waals surface area contributed by atoms with E-state index in [1.54, 1.807) is 35.6 Å². The second-order valence-electron chi connectivity index (χ2n) is 7.68. The van der Waals surface area contributed by atoms with Gasteiger partial charge in [-0.2, -0.15) is 4.31 Å². The number of nitrogens with zero attached hydrogens (tertiary/aromatic N) is 2. The van der Waals surface area contributed by atoms with E-state index in [1.807, 2.05) is 18.4 Å². The molecule has 0 radical (unpaired) electrons. The number of nitrogens with one attached hydrogen (secondary N) is 1. The first-order valence-corrected chi connectivity index (χ1v) is 12.8. The van der Waals surface area contributed by atoms with Gasteiger partial charge in [0.15, 0.2) is 0 Å². The van der Waals surface area contributed by atoms with E-state index < -0.39 is 10.0 Å². The Morgan fingerprint density at radius 3 is 2.55 bits per heavy atom. The molecule has 4 rings (SSSR count). The van der Waals surface area contributed by atoms with Crippen molar-refractivity contribution in [2.75, 3.05) is 49.6 Å². The number of amides is 1. The van der Waals surface area contributed by atoms with Crippen LogP contribution in [-0.4, -0.2) is 58.0 Å². The predicted octanol–water partition coefficient (Wildman–Crippen LogP) is 3.33. The monoisotopic (exact) mass is 461 g/mol. The molecule has 31 heavy (non-hydrogen) atoms. The summed E-state index contributed by atoms with van der Waals surface area (Å²) in [5.41, 5.74) is 2.49. The Bertz CT molecular complexity index is 1070. The summed E-state index contributed by atoms with van der Waals surface area (Å²) in [5, 5.41) is 4.90. The number of thiophene rings is 1. The van der Waals surface area contributed by atoms with E-state index >= 15 is 0 Å². The Labute approximate surface area is 187 Å². The van der Waals surface area contributed by atoms with Crippen molar-refractivity contribution in [3.63, 3.8) is 0 Å². The lowest BCUT2D eigenvalue weighted by Crippen LogP contribution is -2.40. The molecule has 9 heteroatoms. The minimum Gasteiger partial charge on any atom is -0.379 e. The number of aryl methyl sites for hydroxylation is 1. The zero-order chi connectivity index (χ0) is 21.8. The first kappa shape index (κ1) is 22.0. The summed E-state index contributed by atoms with van der Waals surface area (Å²) in [5.74, 6) is -0.283. The molecule has 0 atom stereocenters. The molecule has 0 spiro atoms. The van der Waals surface area contributed by atoms with E-state index in [0.717, 1.165) is 42.1 Å². The van der Waals surface area contributed by atoms with Gasteiger partial charge in [-0.05, 0) is 61.1 Å². The van der Waals surface area contributed by atoms with Crippen LogP contribution in [0.25, 0.3) is 6.08 Å². The van der Waals surface area contributed by atoms with Gasteiger partial charge in [-0.1, -0.05) is 0 Å². The van der Waals surface area contributed by atoms with Crippen LogP contribution in [0.1, 0.15) is 23.3 Å². The van der Waals surface area contributed by atoms with E-state index in [9.17, 15) is 13.2 Å². The Balaban J connectivity index is 1.61. The number of benzene rings is 1. The Morgan fingerprint density at radius 1 is 1.13 bits per heavy atom. The van der Waals surface area contributed by atoms with Crippen molar-refractivity contribution in [3.05, 3.63) is 46.2 Å². The summed E-state index contributed by atoms with van der Waals surface area (Å²) in [4.78, 5) is 16.1. The van der Waals surface area contributed by atoms with Gasteiger partial charge in [0.25, 0.3) is 0 Å². The van der Waals surface area contributed by atoms with Crippen LogP contribution in [0.15, 0.2) is 40.6 Å². The van der Waals surface area contributed by atoms with Gasteiger partial charge in [-0.15, -0.1) is 11.3 Å². The molecule has 2 fully saturated rings. The van der Waals surface area contributed by atoms with Crippen molar-refractivity contribution in [2.45, 2.75) is 24.7 Å². The van der Waals surface area contributed by atoms with Crippen LogP contribution in [0, 0.1) is 6.92 Å². The molecule has 1 aromatic carbocycles. The lowest BCUT2D eigenvalue weighted by molar-refractivity contribution is -0.111. The van der Waals surface area contributed by atoms with Gasteiger partial charge >= 0.3 is 0 Å². The summed E-state index contributed by atoms with van der Waals surface area (Å²) < 4.78 is 32.9. The molecule has 0 saturated carbocycles. The number of hydrogen-bond acceptors (Lipinski definition) is 6. The molecule has 2 aliphatic heterocycles. The van der Waals surface area contributed by atoms with Crippen molar-refractivity contribution < 1.29 is 17.9 Å². The molecular formula is C22H27N3O4S2. The first-order valence-electron chi connectivity index (χ1n) is 10.5. The standard InChI is InChI=1S/C22H27N3O4S2/c1-17-8-15-30-21(17)6-7-22(26)23-19-16-18(4-5-20(19)24-9-2-3-10-24)31(27,28)25-11-13-29-14-12-25/h4-8,15-16H,2-3,9-14H2,1H3,(H,23,26)/b7-6+. The van der Waals surface area contributed by atoms with E-state index in [4.69, 9.17) is 4.74 Å². The predicted molar refractivity (Wildman–Crippen MR) is 124 cm³/mol. The maximum atomic E-state index is 13.1. The number of carbonyl (C=O) groups excluding carboxylic acids is 1. The fraction of sp³-hybridized carbons (Fsp3) is 0.409. The van der Waals surface area contributed by atoms with Gasteiger partial charge < -0.3 is 15.0 Å². The fourth-order valence-electron chi connectivity index (χ4n) is 3.83. The molecule has 3 heterocycles. The highest BCUT2D eigenvalue weighted by molar-refractivity contribution is 7.89. The highest BCUT2D eigenvalue weighted by atomic mass is 32.2. The molecule has 0 unspecified atom stereocenters. The van der Waals surface area contributed by atoms with Gasteiger partial charge in [-0.25, -0.2) is 8.42 Å². The summed E-state index contributed by atoms with van der Waals surface area (Å²) in [6.45, 7) is 5.23. The van der Waals surface area contributed by atoms with Crippen LogP contribution in [0.2, 0.25) is 0 Å². The number of carbonyl (C=O) groups is 1. The zero-order valence-corrected chi connectivity index (χ0v) is 19.2. The molecule has 2 saturated heterocycles. The minimum absolute atomic E-state index is 0.186. The molecule has 1 amide bonds. The average Bonchev–Trinajstić information content (AvgIpc) is 3.45. The molecule has 2 aromatic rings. The fourth-order valence-corrected chi connectivity index (χ4v) is 6.08. The Hall–Kier alpha value is -2.20. The van der Waals surface area contributed by atoms with Crippen molar-refractivity contribution >= 4 is 44.7 Å². The molecule has 166 valence electrons. The van der Waals surface area contributed by atoms with E-state index in [2.05, 4.69) is 10.2 Å². The zero-order valence-electron chi connectivity index (χ0n) is 17.5. The molecule has 2 aliphatic rings. The lowest BCUT2D eigenvalue weighted by atomic mass is 10.2. The largest absolute Gasteiger partial charge is 0.379 e. The third kappa shape index (κ3) is 5.01. The highest BCUT2D eigenvalue weighted by Gasteiger charge is 2.28. The van der Waals surface area contributed by atoms with Gasteiger partial charge in [0.2, 0.25) is 15.9 Å². The normalized spacial score (nSPS) is 18.0. The van der Waals surface area contributed by atoms with Crippen LogP contribution < -0.4 is 10.2 Å². The van der Waals surface area contributed by atoms with E-state index in [1.165, 1.54) is 10.4 Å². The maximum absolute atomic E-state index is 13.1. The van der Waals surface area contributed by atoms with E-state index in [-0.39, 0.29) is 10.8 Å². The summed E-state index contributed by atoms with van der Waals surface area (Å²) in [6, 6.07) is 7.04. The number of sulfonamides is 1. The molecular weight excluding hydrogens is 434 g/mol. The van der Waals surface area contributed by atoms with Crippen LogP contribution in [0.3, 0.4) is 0 Å². The van der Waals surface area contributed by atoms with Crippen LogP contribution in [0.4, 0.5) is 11.4 Å². The summed E-state index contributed by atoms with van der Waals surface area (Å²) in [6.07, 6.45) is 5.45. The van der Waals surface area contributed by atoms with Crippen LogP contribution >= 0.6 is 11.3 Å².